The summed E-state index contributed by atoms with van der Waals surface area (Å²) in [6, 6.07) is 8.50. The Morgan fingerprint density at radius 3 is 2.81 bits per heavy atom. The Morgan fingerprint density at radius 1 is 1.29 bits per heavy atom. The van der Waals surface area contributed by atoms with E-state index in [4.69, 9.17) is 4.74 Å². The maximum absolute atomic E-state index is 5.68. The first kappa shape index (κ1) is 16.0. The van der Waals surface area contributed by atoms with Crippen molar-refractivity contribution in [3.8, 4) is 5.75 Å². The number of ether oxygens (including phenoxy) is 1. The summed E-state index contributed by atoms with van der Waals surface area (Å²) < 4.78 is 6.77. The molecular formula is C17H21BrN2O. The van der Waals surface area contributed by atoms with E-state index in [1.54, 1.807) is 6.20 Å². The predicted molar refractivity (Wildman–Crippen MR) is 89.8 cm³/mol. The van der Waals surface area contributed by atoms with Crippen molar-refractivity contribution in [2.24, 2.45) is 0 Å². The van der Waals surface area contributed by atoms with Crippen LogP contribution in [0.25, 0.3) is 0 Å². The lowest BCUT2D eigenvalue weighted by Gasteiger charge is -2.19. The highest BCUT2D eigenvalue weighted by Crippen LogP contribution is 2.30. The van der Waals surface area contributed by atoms with Crippen molar-refractivity contribution in [2.45, 2.75) is 26.3 Å². The third kappa shape index (κ3) is 4.05. The average molecular weight is 349 g/mol. The molecule has 0 radical (unpaired) electrons. The van der Waals surface area contributed by atoms with Crippen molar-refractivity contribution < 1.29 is 4.74 Å². The number of nitrogens with zero attached hydrogens (tertiary/aromatic N) is 1. The quantitative estimate of drug-likeness (QED) is 0.847. The van der Waals surface area contributed by atoms with Gasteiger partial charge in [-0.2, -0.15) is 0 Å². The third-order valence-corrected chi connectivity index (χ3v) is 4.01. The number of halogens is 1. The van der Waals surface area contributed by atoms with Gasteiger partial charge in [-0.15, -0.1) is 0 Å². The van der Waals surface area contributed by atoms with Crippen LogP contribution in [0.15, 0.2) is 41.1 Å². The maximum atomic E-state index is 5.68. The van der Waals surface area contributed by atoms with Crippen LogP contribution in [-0.4, -0.2) is 18.6 Å². The number of rotatable bonds is 6. The van der Waals surface area contributed by atoms with Crippen LogP contribution in [0.4, 0.5) is 0 Å². The topological polar surface area (TPSA) is 34.1 Å². The Kier molecular flexibility index (Phi) is 5.76. The second-order valence-electron chi connectivity index (χ2n) is 5.05. The molecule has 1 aromatic heterocycles. The van der Waals surface area contributed by atoms with E-state index in [-0.39, 0.29) is 6.04 Å². The van der Waals surface area contributed by atoms with Crippen molar-refractivity contribution in [3.63, 3.8) is 0 Å². The van der Waals surface area contributed by atoms with Crippen molar-refractivity contribution >= 4 is 15.9 Å². The van der Waals surface area contributed by atoms with Gasteiger partial charge in [0.25, 0.3) is 0 Å². The van der Waals surface area contributed by atoms with E-state index in [0.29, 0.717) is 6.61 Å². The summed E-state index contributed by atoms with van der Waals surface area (Å²) in [4.78, 5) is 4.30. The Morgan fingerprint density at radius 2 is 2.10 bits per heavy atom. The van der Waals surface area contributed by atoms with Crippen molar-refractivity contribution in [2.75, 3.05) is 13.7 Å². The van der Waals surface area contributed by atoms with Gasteiger partial charge in [-0.05, 0) is 43.7 Å². The zero-order chi connectivity index (χ0) is 15.2. The van der Waals surface area contributed by atoms with Crippen LogP contribution >= 0.6 is 15.9 Å². The standard InChI is InChI=1S/C17H21BrN2O/c1-4-7-21-14-9-13(10-20-11-14)17(19-3)15-8-12(2)5-6-16(15)18/h5-6,8-11,17,19H,4,7H2,1-3H3. The van der Waals surface area contributed by atoms with E-state index in [2.05, 4.69) is 64.3 Å². The molecule has 0 saturated carbocycles. The molecule has 1 aromatic carbocycles. The summed E-state index contributed by atoms with van der Waals surface area (Å²) >= 11 is 3.64. The molecule has 0 amide bonds. The smallest absolute Gasteiger partial charge is 0.137 e. The normalized spacial score (nSPS) is 12.2. The molecule has 1 unspecified atom stereocenters. The Labute approximate surface area is 134 Å². The molecule has 1 atom stereocenters. The number of benzene rings is 1. The molecule has 0 spiro atoms. The number of aromatic nitrogens is 1. The van der Waals surface area contributed by atoms with E-state index in [9.17, 15) is 0 Å². The van der Waals surface area contributed by atoms with Crippen LogP contribution in [0.5, 0.6) is 5.75 Å². The number of hydrogen-bond acceptors (Lipinski definition) is 3. The first-order chi connectivity index (χ1) is 10.2. The average Bonchev–Trinajstić information content (AvgIpc) is 2.50. The molecule has 0 aliphatic rings. The second-order valence-corrected chi connectivity index (χ2v) is 5.90. The van der Waals surface area contributed by atoms with Gasteiger partial charge < -0.3 is 10.1 Å². The van der Waals surface area contributed by atoms with Crippen molar-refractivity contribution in [1.82, 2.24) is 10.3 Å². The lowest BCUT2D eigenvalue weighted by molar-refractivity contribution is 0.315. The SMILES string of the molecule is CCCOc1cncc(C(NC)c2cc(C)ccc2Br)c1. The molecule has 1 heterocycles. The minimum Gasteiger partial charge on any atom is -0.492 e. The molecule has 1 N–H and O–H groups in total. The maximum Gasteiger partial charge on any atom is 0.137 e. The van der Waals surface area contributed by atoms with E-state index in [1.807, 2.05) is 13.2 Å². The Hall–Kier alpha value is -1.39. The fourth-order valence-electron chi connectivity index (χ4n) is 2.28. The zero-order valence-electron chi connectivity index (χ0n) is 12.7. The fourth-order valence-corrected chi connectivity index (χ4v) is 2.75. The van der Waals surface area contributed by atoms with Gasteiger partial charge in [0, 0.05) is 10.7 Å². The summed E-state index contributed by atoms with van der Waals surface area (Å²) in [5, 5.41) is 3.36. The first-order valence-electron chi connectivity index (χ1n) is 7.16. The largest absolute Gasteiger partial charge is 0.492 e. The van der Waals surface area contributed by atoms with E-state index < -0.39 is 0 Å². The van der Waals surface area contributed by atoms with E-state index in [0.717, 1.165) is 22.2 Å². The molecule has 112 valence electrons. The monoisotopic (exact) mass is 348 g/mol. The second kappa shape index (κ2) is 7.57. The molecule has 4 heteroatoms. The molecular weight excluding hydrogens is 328 g/mol. The number of pyridine rings is 1. The highest BCUT2D eigenvalue weighted by Gasteiger charge is 2.16. The number of hydrogen-bond donors (Lipinski definition) is 1. The van der Waals surface area contributed by atoms with Gasteiger partial charge in [0.15, 0.2) is 0 Å². The molecule has 2 rings (SSSR count). The van der Waals surface area contributed by atoms with Gasteiger partial charge in [0.2, 0.25) is 0 Å². The lowest BCUT2D eigenvalue weighted by Crippen LogP contribution is -2.18. The van der Waals surface area contributed by atoms with Crippen molar-refractivity contribution in [3.05, 3.63) is 57.8 Å². The van der Waals surface area contributed by atoms with Gasteiger partial charge in [0.05, 0.1) is 18.8 Å². The van der Waals surface area contributed by atoms with Crippen LogP contribution in [0.1, 0.15) is 36.1 Å². The molecule has 0 saturated heterocycles. The van der Waals surface area contributed by atoms with Gasteiger partial charge >= 0.3 is 0 Å². The molecule has 2 aromatic rings. The first-order valence-corrected chi connectivity index (χ1v) is 7.96. The van der Waals surface area contributed by atoms with Crippen LogP contribution in [0.2, 0.25) is 0 Å². The van der Waals surface area contributed by atoms with Gasteiger partial charge in [-0.1, -0.05) is 40.5 Å². The molecule has 0 bridgehead atoms. The van der Waals surface area contributed by atoms with Crippen LogP contribution < -0.4 is 10.1 Å². The van der Waals surface area contributed by atoms with Gasteiger partial charge in [-0.25, -0.2) is 0 Å². The predicted octanol–water partition coefficient (Wildman–Crippen LogP) is 4.25. The molecule has 21 heavy (non-hydrogen) atoms. The highest BCUT2D eigenvalue weighted by molar-refractivity contribution is 9.10. The highest BCUT2D eigenvalue weighted by atomic mass is 79.9. The van der Waals surface area contributed by atoms with E-state index >= 15 is 0 Å². The van der Waals surface area contributed by atoms with Crippen molar-refractivity contribution in [1.29, 1.82) is 0 Å². The Bertz CT molecular complexity index is 601. The number of nitrogens with one attached hydrogen (secondary N) is 1. The molecule has 0 aliphatic carbocycles. The molecule has 0 fully saturated rings. The molecule has 3 nitrogen and oxygen atoms in total. The summed E-state index contributed by atoms with van der Waals surface area (Å²) in [7, 11) is 1.96. The van der Waals surface area contributed by atoms with Crippen LogP contribution in [0.3, 0.4) is 0 Å². The van der Waals surface area contributed by atoms with Gasteiger partial charge in [0.1, 0.15) is 5.75 Å². The third-order valence-electron chi connectivity index (χ3n) is 3.29. The summed E-state index contributed by atoms with van der Waals surface area (Å²) in [6.45, 7) is 4.91. The summed E-state index contributed by atoms with van der Waals surface area (Å²) in [6.07, 6.45) is 4.63. The fraction of sp³-hybridized carbons (Fsp3) is 0.353. The van der Waals surface area contributed by atoms with Gasteiger partial charge in [-0.3, -0.25) is 4.98 Å². The minimum absolute atomic E-state index is 0.0805. The molecule has 0 aliphatic heterocycles. The van der Waals surface area contributed by atoms with Crippen LogP contribution in [0, 0.1) is 6.92 Å². The minimum atomic E-state index is 0.0805. The zero-order valence-corrected chi connectivity index (χ0v) is 14.3. The lowest BCUT2D eigenvalue weighted by atomic mass is 9.98. The van der Waals surface area contributed by atoms with Crippen LogP contribution in [-0.2, 0) is 0 Å². The summed E-state index contributed by atoms with van der Waals surface area (Å²) in [5.74, 6) is 0.818. The van der Waals surface area contributed by atoms with E-state index in [1.165, 1.54) is 11.1 Å². The summed E-state index contributed by atoms with van der Waals surface area (Å²) in [5.41, 5.74) is 3.53. The number of aryl methyl sites for hydroxylation is 1. The Balaban J connectivity index is 2.34.